The quantitative estimate of drug-likeness (QED) is 0.496. The van der Waals surface area contributed by atoms with Gasteiger partial charge in [-0.2, -0.15) is 13.2 Å². The van der Waals surface area contributed by atoms with Crippen molar-refractivity contribution in [3.8, 4) is 0 Å². The van der Waals surface area contributed by atoms with E-state index in [0.717, 1.165) is 4.90 Å². The van der Waals surface area contributed by atoms with Gasteiger partial charge in [0.05, 0.1) is 5.54 Å². The zero-order chi connectivity index (χ0) is 29.7. The van der Waals surface area contributed by atoms with Crippen molar-refractivity contribution in [3.63, 3.8) is 0 Å². The van der Waals surface area contributed by atoms with Gasteiger partial charge in [-0.3, -0.25) is 14.4 Å². The minimum Gasteiger partial charge on any atom is -0.427 e. The molecular formula is C29H31F3N4O5. The first kappa shape index (κ1) is 28.6. The molecule has 2 fully saturated rings. The standard InChI is InChI=1S/C29H31F3N4O5/c1-27(2,33)24(38)34-20-10-11-21-19(14-20)12-13-28(21)25(39)36(26(40)41-28)16-22(37)35(15-17-6-4-3-5-7-17)23(18-8-9-18)29(30,31)32/h3-7,10-11,14,18,23H,8-9,12-13,15-16,33H2,1-2H3,(H,34,38)/t23-,28?/m1/s1. The highest BCUT2D eigenvalue weighted by molar-refractivity contribution is 6.06. The van der Waals surface area contributed by atoms with Gasteiger partial charge in [-0.25, -0.2) is 9.69 Å². The number of amides is 4. The molecule has 5 rings (SSSR count). The van der Waals surface area contributed by atoms with Crippen LogP contribution in [0.15, 0.2) is 48.5 Å². The van der Waals surface area contributed by atoms with E-state index in [1.165, 1.54) is 0 Å². The molecular weight excluding hydrogens is 541 g/mol. The van der Waals surface area contributed by atoms with E-state index in [2.05, 4.69) is 5.32 Å². The molecule has 0 bridgehead atoms. The number of carbonyl (C=O) groups is 4. The summed E-state index contributed by atoms with van der Waals surface area (Å²) >= 11 is 0. The fourth-order valence-corrected chi connectivity index (χ4v) is 5.48. The maximum Gasteiger partial charge on any atom is 0.418 e. The number of benzene rings is 2. The monoisotopic (exact) mass is 572 g/mol. The number of hydrogen-bond acceptors (Lipinski definition) is 6. The molecule has 1 aliphatic heterocycles. The fraction of sp³-hybridized carbons (Fsp3) is 0.448. The lowest BCUT2D eigenvalue weighted by Gasteiger charge is -2.34. The number of nitrogens with two attached hydrogens (primary N) is 1. The van der Waals surface area contributed by atoms with Crippen LogP contribution in [0.3, 0.4) is 0 Å². The zero-order valence-electron chi connectivity index (χ0n) is 22.7. The molecule has 0 radical (unpaired) electrons. The Kier molecular flexibility index (Phi) is 7.09. The van der Waals surface area contributed by atoms with Crippen molar-refractivity contribution in [1.29, 1.82) is 0 Å². The number of aryl methyl sites for hydroxylation is 1. The Morgan fingerprint density at radius 2 is 1.83 bits per heavy atom. The third-order valence-corrected chi connectivity index (χ3v) is 7.75. The summed E-state index contributed by atoms with van der Waals surface area (Å²) in [4.78, 5) is 53.6. The van der Waals surface area contributed by atoms with E-state index >= 15 is 0 Å². The van der Waals surface area contributed by atoms with Crippen molar-refractivity contribution in [2.75, 3.05) is 11.9 Å². The number of anilines is 1. The third-order valence-electron chi connectivity index (χ3n) is 7.75. The lowest BCUT2D eigenvalue weighted by atomic mass is 9.94. The van der Waals surface area contributed by atoms with Gasteiger partial charge in [0.15, 0.2) is 0 Å². The number of nitrogens with zero attached hydrogens (tertiary/aromatic N) is 2. The van der Waals surface area contributed by atoms with Gasteiger partial charge < -0.3 is 20.7 Å². The average Bonchev–Trinajstić information content (AvgIpc) is 3.61. The van der Waals surface area contributed by atoms with Crippen LogP contribution in [0.1, 0.15) is 49.8 Å². The van der Waals surface area contributed by atoms with E-state index in [1.807, 2.05) is 0 Å². The van der Waals surface area contributed by atoms with Crippen LogP contribution in [0.25, 0.3) is 0 Å². The molecule has 1 saturated carbocycles. The number of carbonyl (C=O) groups excluding carboxylic acids is 4. The van der Waals surface area contributed by atoms with Gasteiger partial charge in [-0.1, -0.05) is 36.4 Å². The van der Waals surface area contributed by atoms with Crippen LogP contribution in [-0.2, 0) is 37.7 Å². The van der Waals surface area contributed by atoms with E-state index in [4.69, 9.17) is 10.5 Å². The molecule has 2 aromatic rings. The van der Waals surface area contributed by atoms with E-state index in [1.54, 1.807) is 62.4 Å². The van der Waals surface area contributed by atoms with Crippen LogP contribution in [0.5, 0.6) is 0 Å². The van der Waals surface area contributed by atoms with Gasteiger partial charge in [0, 0.05) is 24.2 Å². The number of alkyl halides is 3. The summed E-state index contributed by atoms with van der Waals surface area (Å²) in [6, 6.07) is 11.0. The first-order chi connectivity index (χ1) is 19.2. The number of halogens is 3. The SMILES string of the molecule is CC(C)(N)C(=O)Nc1ccc2c(c1)CCC21OC(=O)N(CC(=O)N(Cc2ccccc2)[C@H](C2CC2)C(F)(F)F)C1=O. The van der Waals surface area contributed by atoms with Crippen LogP contribution < -0.4 is 11.1 Å². The summed E-state index contributed by atoms with van der Waals surface area (Å²) in [6.45, 7) is 1.92. The predicted molar refractivity (Wildman–Crippen MR) is 141 cm³/mol. The minimum atomic E-state index is -4.68. The molecule has 12 heteroatoms. The van der Waals surface area contributed by atoms with Crippen LogP contribution in [0, 0.1) is 5.92 Å². The van der Waals surface area contributed by atoms with Crippen molar-refractivity contribution < 1.29 is 37.1 Å². The molecule has 2 aromatic carbocycles. The predicted octanol–water partition coefficient (Wildman–Crippen LogP) is 3.85. The second-order valence-corrected chi connectivity index (χ2v) is 11.5. The summed E-state index contributed by atoms with van der Waals surface area (Å²) in [6.07, 6.45) is -4.67. The second kappa shape index (κ2) is 10.2. The number of imide groups is 1. The normalized spacial score (nSPS) is 21.1. The lowest BCUT2D eigenvalue weighted by Crippen LogP contribution is -2.53. The number of ether oxygens (including phenoxy) is 1. The van der Waals surface area contributed by atoms with Gasteiger partial charge in [-0.15, -0.1) is 0 Å². The number of nitrogens with one attached hydrogen (secondary N) is 1. The number of rotatable bonds is 8. The largest absolute Gasteiger partial charge is 0.427 e. The molecule has 4 amide bonds. The Morgan fingerprint density at radius 3 is 2.44 bits per heavy atom. The van der Waals surface area contributed by atoms with Crippen molar-refractivity contribution in [3.05, 3.63) is 65.2 Å². The maximum absolute atomic E-state index is 14.2. The Hall–Kier alpha value is -3.93. The first-order valence-electron chi connectivity index (χ1n) is 13.4. The third kappa shape index (κ3) is 5.52. The highest BCUT2D eigenvalue weighted by Gasteiger charge is 2.59. The Bertz CT molecular complexity index is 1390. The second-order valence-electron chi connectivity index (χ2n) is 11.5. The van der Waals surface area contributed by atoms with Crippen LogP contribution in [0.2, 0.25) is 0 Å². The van der Waals surface area contributed by atoms with Crippen molar-refractivity contribution >= 4 is 29.5 Å². The summed E-state index contributed by atoms with van der Waals surface area (Å²) in [5, 5.41) is 2.71. The molecule has 41 heavy (non-hydrogen) atoms. The van der Waals surface area contributed by atoms with Gasteiger partial charge in [0.2, 0.25) is 17.4 Å². The molecule has 2 aliphatic carbocycles. The van der Waals surface area contributed by atoms with Crippen molar-refractivity contribution in [2.24, 2.45) is 11.7 Å². The van der Waals surface area contributed by atoms with Gasteiger partial charge in [0.25, 0.3) is 5.91 Å². The lowest BCUT2D eigenvalue weighted by molar-refractivity contribution is -0.196. The minimum absolute atomic E-state index is 0.0956. The molecule has 9 nitrogen and oxygen atoms in total. The molecule has 1 spiro atoms. The van der Waals surface area contributed by atoms with Crippen LogP contribution in [-0.4, -0.2) is 57.9 Å². The van der Waals surface area contributed by atoms with E-state index in [-0.39, 0.29) is 13.0 Å². The molecule has 1 unspecified atom stereocenters. The Morgan fingerprint density at radius 1 is 1.15 bits per heavy atom. The van der Waals surface area contributed by atoms with Crippen LogP contribution in [0.4, 0.5) is 23.7 Å². The molecule has 3 aliphatic rings. The molecule has 1 heterocycles. The van der Waals surface area contributed by atoms with Gasteiger partial charge in [0.1, 0.15) is 12.6 Å². The summed E-state index contributed by atoms with van der Waals surface area (Å²) in [7, 11) is 0. The van der Waals surface area contributed by atoms with Crippen molar-refractivity contribution in [2.45, 2.75) is 69.4 Å². The van der Waals surface area contributed by atoms with Crippen LogP contribution >= 0.6 is 0 Å². The van der Waals surface area contributed by atoms with Gasteiger partial charge >= 0.3 is 12.3 Å². The van der Waals surface area contributed by atoms with Crippen molar-refractivity contribution in [1.82, 2.24) is 9.80 Å². The molecule has 3 N–H and O–H groups in total. The molecule has 1 saturated heterocycles. The summed E-state index contributed by atoms with van der Waals surface area (Å²) in [5.74, 6) is -2.95. The maximum atomic E-state index is 14.2. The topological polar surface area (TPSA) is 122 Å². The van der Waals surface area contributed by atoms with Gasteiger partial charge in [-0.05, 0) is 62.3 Å². The van der Waals surface area contributed by atoms with E-state index in [9.17, 15) is 32.3 Å². The fourth-order valence-electron chi connectivity index (χ4n) is 5.48. The number of hydrogen-bond donors (Lipinski definition) is 2. The molecule has 218 valence electrons. The average molecular weight is 573 g/mol. The molecule has 0 aromatic heterocycles. The summed E-state index contributed by atoms with van der Waals surface area (Å²) < 4.78 is 48.1. The zero-order valence-corrected chi connectivity index (χ0v) is 22.7. The highest BCUT2D eigenvalue weighted by atomic mass is 19.4. The van der Waals surface area contributed by atoms with E-state index in [0.29, 0.717) is 46.5 Å². The Balaban J connectivity index is 1.38. The highest BCUT2D eigenvalue weighted by Crippen LogP contribution is 2.47. The van der Waals surface area contributed by atoms with E-state index < -0.39 is 59.6 Å². The Labute approximate surface area is 234 Å². The summed E-state index contributed by atoms with van der Waals surface area (Å²) in [5.41, 5.74) is 5.03. The smallest absolute Gasteiger partial charge is 0.418 e. The number of fused-ring (bicyclic) bond motifs is 2. The molecule has 2 atom stereocenters. The first-order valence-corrected chi connectivity index (χ1v) is 13.4.